The molecule has 108 valence electrons. The Morgan fingerprint density at radius 3 is 2.38 bits per heavy atom. The number of non-ortho nitro benzene ring substituents is 1. The average Bonchev–Trinajstić information content (AvgIpc) is 2.40. The Balaban J connectivity index is 2.43. The van der Waals surface area contributed by atoms with Crippen LogP contribution in [-0.2, 0) is 0 Å². The van der Waals surface area contributed by atoms with Crippen molar-refractivity contribution in [1.29, 1.82) is 0 Å². The normalized spacial score (nSPS) is 10.1. The van der Waals surface area contributed by atoms with Crippen LogP contribution in [0.2, 0.25) is 0 Å². The van der Waals surface area contributed by atoms with Gasteiger partial charge in [0.15, 0.2) is 0 Å². The highest BCUT2D eigenvalue weighted by Gasteiger charge is 2.18. The number of ether oxygens (including phenoxy) is 1. The summed E-state index contributed by atoms with van der Waals surface area (Å²) in [6, 6.07) is 6.16. The zero-order chi connectivity index (χ0) is 15.6. The fourth-order valence-electron chi connectivity index (χ4n) is 1.62. The maximum Gasteiger partial charge on any atom is 0.314 e. The fourth-order valence-corrected chi connectivity index (χ4v) is 1.62. The summed E-state index contributed by atoms with van der Waals surface area (Å²) >= 11 is 0. The number of nitrogens with two attached hydrogens (primary N) is 1. The van der Waals surface area contributed by atoms with E-state index in [2.05, 4.69) is 0 Å². The van der Waals surface area contributed by atoms with E-state index in [1.807, 2.05) is 0 Å². The molecule has 0 unspecified atom stereocenters. The maximum absolute atomic E-state index is 13.0. The van der Waals surface area contributed by atoms with Crippen molar-refractivity contribution in [2.24, 2.45) is 0 Å². The second-order valence-corrected chi connectivity index (χ2v) is 3.99. The number of nitro groups is 2. The zero-order valence-corrected chi connectivity index (χ0v) is 10.4. The lowest BCUT2D eigenvalue weighted by molar-refractivity contribution is -0.386. The molecular weight excluding hydrogens is 285 g/mol. The Hall–Kier alpha value is -3.23. The van der Waals surface area contributed by atoms with Gasteiger partial charge in [0, 0.05) is 17.8 Å². The minimum Gasteiger partial charge on any atom is -0.450 e. The smallest absolute Gasteiger partial charge is 0.314 e. The first-order valence-corrected chi connectivity index (χ1v) is 5.53. The van der Waals surface area contributed by atoms with Gasteiger partial charge in [0.2, 0.25) is 5.75 Å². The molecule has 0 aromatic heterocycles. The standard InChI is InChI=1S/C12H8FN3O5/c13-7-1-2-12(11(3-7)16(19)20)21-10-5-8(14)4-9(6-10)15(17)18/h1-6H,14H2. The van der Waals surface area contributed by atoms with Crippen LogP contribution in [0.25, 0.3) is 0 Å². The third-order valence-corrected chi connectivity index (χ3v) is 2.47. The Labute approximate surface area is 116 Å². The van der Waals surface area contributed by atoms with Crippen LogP contribution in [0, 0.1) is 26.0 Å². The average molecular weight is 293 g/mol. The van der Waals surface area contributed by atoms with Gasteiger partial charge in [-0.05, 0) is 12.1 Å². The van der Waals surface area contributed by atoms with Gasteiger partial charge >= 0.3 is 5.69 Å². The summed E-state index contributed by atoms with van der Waals surface area (Å²) in [5.41, 5.74) is 4.63. The highest BCUT2D eigenvalue weighted by molar-refractivity contribution is 5.56. The molecule has 0 radical (unpaired) electrons. The molecule has 0 amide bonds. The molecule has 2 N–H and O–H groups in total. The Morgan fingerprint density at radius 1 is 1.05 bits per heavy atom. The Kier molecular flexibility index (Phi) is 3.65. The number of anilines is 1. The lowest BCUT2D eigenvalue weighted by Crippen LogP contribution is -1.96. The zero-order valence-electron chi connectivity index (χ0n) is 10.4. The van der Waals surface area contributed by atoms with Crippen molar-refractivity contribution < 1.29 is 19.0 Å². The molecule has 2 aromatic carbocycles. The molecule has 2 aromatic rings. The molecular formula is C12H8FN3O5. The first-order chi connectivity index (χ1) is 9.86. The van der Waals surface area contributed by atoms with Crippen LogP contribution in [0.4, 0.5) is 21.5 Å². The Morgan fingerprint density at radius 2 is 1.76 bits per heavy atom. The summed E-state index contributed by atoms with van der Waals surface area (Å²) in [5, 5.41) is 21.5. The van der Waals surface area contributed by atoms with Gasteiger partial charge in [-0.15, -0.1) is 0 Å². The molecule has 9 heteroatoms. The van der Waals surface area contributed by atoms with Gasteiger partial charge in [0.05, 0.1) is 22.0 Å². The van der Waals surface area contributed by atoms with E-state index in [-0.39, 0.29) is 22.9 Å². The van der Waals surface area contributed by atoms with E-state index < -0.39 is 21.4 Å². The molecule has 21 heavy (non-hydrogen) atoms. The highest BCUT2D eigenvalue weighted by atomic mass is 19.1. The van der Waals surface area contributed by atoms with E-state index in [1.54, 1.807) is 0 Å². The van der Waals surface area contributed by atoms with Crippen molar-refractivity contribution in [2.45, 2.75) is 0 Å². The lowest BCUT2D eigenvalue weighted by atomic mass is 10.2. The molecule has 0 saturated carbocycles. The van der Waals surface area contributed by atoms with E-state index in [1.165, 1.54) is 6.07 Å². The summed E-state index contributed by atoms with van der Waals surface area (Å²) in [6.45, 7) is 0. The second-order valence-electron chi connectivity index (χ2n) is 3.99. The van der Waals surface area contributed by atoms with Crippen LogP contribution < -0.4 is 10.5 Å². The number of nitro benzene ring substituents is 2. The number of halogens is 1. The van der Waals surface area contributed by atoms with Crippen molar-refractivity contribution >= 4 is 17.1 Å². The molecule has 0 atom stereocenters. The van der Waals surface area contributed by atoms with Gasteiger partial charge in [-0.3, -0.25) is 20.2 Å². The number of benzene rings is 2. The molecule has 0 saturated heterocycles. The van der Waals surface area contributed by atoms with Gasteiger partial charge in [0.25, 0.3) is 5.69 Å². The molecule has 8 nitrogen and oxygen atoms in total. The van der Waals surface area contributed by atoms with Gasteiger partial charge in [0.1, 0.15) is 11.6 Å². The molecule has 0 heterocycles. The first kappa shape index (κ1) is 14.2. The van der Waals surface area contributed by atoms with Crippen LogP contribution in [0.3, 0.4) is 0 Å². The summed E-state index contributed by atoms with van der Waals surface area (Å²) in [6.07, 6.45) is 0. The van der Waals surface area contributed by atoms with E-state index in [0.717, 1.165) is 24.3 Å². The minimum atomic E-state index is -0.820. The maximum atomic E-state index is 13.0. The highest BCUT2D eigenvalue weighted by Crippen LogP contribution is 2.34. The SMILES string of the molecule is Nc1cc(Oc2ccc(F)cc2[N+](=O)[O-])cc([N+](=O)[O-])c1. The van der Waals surface area contributed by atoms with E-state index in [4.69, 9.17) is 10.5 Å². The van der Waals surface area contributed by atoms with Gasteiger partial charge in [-0.1, -0.05) is 0 Å². The van der Waals surface area contributed by atoms with E-state index in [0.29, 0.717) is 6.07 Å². The predicted octanol–water partition coefficient (Wildman–Crippen LogP) is 3.02. The molecule has 2 rings (SSSR count). The summed E-state index contributed by atoms with van der Waals surface area (Å²) in [4.78, 5) is 20.0. The van der Waals surface area contributed by atoms with Crippen molar-refractivity contribution in [3.63, 3.8) is 0 Å². The van der Waals surface area contributed by atoms with E-state index >= 15 is 0 Å². The quantitative estimate of drug-likeness (QED) is 0.525. The number of rotatable bonds is 4. The van der Waals surface area contributed by atoms with Crippen LogP contribution in [-0.4, -0.2) is 9.85 Å². The van der Waals surface area contributed by atoms with Crippen LogP contribution in [0.5, 0.6) is 11.5 Å². The third kappa shape index (κ3) is 3.21. The van der Waals surface area contributed by atoms with Crippen molar-refractivity contribution in [1.82, 2.24) is 0 Å². The summed E-state index contributed by atoms with van der Waals surface area (Å²) in [7, 11) is 0. The molecule has 0 fully saturated rings. The lowest BCUT2D eigenvalue weighted by Gasteiger charge is -2.07. The summed E-state index contributed by atoms with van der Waals surface area (Å²) < 4.78 is 18.2. The molecule has 0 bridgehead atoms. The Bertz CT molecular complexity index is 735. The topological polar surface area (TPSA) is 122 Å². The van der Waals surface area contributed by atoms with Crippen LogP contribution in [0.15, 0.2) is 36.4 Å². The number of hydrogen-bond donors (Lipinski definition) is 1. The van der Waals surface area contributed by atoms with Crippen molar-refractivity contribution in [2.75, 3.05) is 5.73 Å². The molecule has 0 spiro atoms. The van der Waals surface area contributed by atoms with E-state index in [9.17, 15) is 24.6 Å². The third-order valence-electron chi connectivity index (χ3n) is 2.47. The minimum absolute atomic E-state index is 0.0589. The van der Waals surface area contributed by atoms with Gasteiger partial charge in [-0.25, -0.2) is 4.39 Å². The molecule has 0 aliphatic rings. The monoisotopic (exact) mass is 293 g/mol. The number of hydrogen-bond acceptors (Lipinski definition) is 6. The van der Waals surface area contributed by atoms with Crippen LogP contribution in [0.1, 0.15) is 0 Å². The second kappa shape index (κ2) is 5.41. The molecule has 0 aliphatic carbocycles. The largest absolute Gasteiger partial charge is 0.450 e. The number of nitrogen functional groups attached to an aromatic ring is 1. The molecule has 0 aliphatic heterocycles. The first-order valence-electron chi connectivity index (χ1n) is 5.53. The van der Waals surface area contributed by atoms with Crippen LogP contribution >= 0.6 is 0 Å². The number of nitrogens with zero attached hydrogens (tertiary/aromatic N) is 2. The van der Waals surface area contributed by atoms with Crippen molar-refractivity contribution in [3.05, 3.63) is 62.4 Å². The van der Waals surface area contributed by atoms with Gasteiger partial charge < -0.3 is 10.5 Å². The summed E-state index contributed by atoms with van der Waals surface area (Å²) in [5.74, 6) is -1.11. The van der Waals surface area contributed by atoms with Gasteiger partial charge in [-0.2, -0.15) is 0 Å². The van der Waals surface area contributed by atoms with Crippen molar-refractivity contribution in [3.8, 4) is 11.5 Å². The predicted molar refractivity (Wildman–Crippen MR) is 70.6 cm³/mol. The fraction of sp³-hybridized carbons (Fsp3) is 0.